The fourth-order valence-corrected chi connectivity index (χ4v) is 4.53. The lowest BCUT2D eigenvalue weighted by Crippen LogP contribution is -2.34. The van der Waals surface area contributed by atoms with E-state index in [2.05, 4.69) is 53.4 Å². The number of hydrogen-bond acceptors (Lipinski definition) is 3. The molecule has 1 aliphatic heterocycles. The summed E-state index contributed by atoms with van der Waals surface area (Å²) in [5.74, 6) is 0. The van der Waals surface area contributed by atoms with E-state index in [0.29, 0.717) is 5.25 Å². The Balaban J connectivity index is 1.32. The molecule has 25 heavy (non-hydrogen) atoms. The summed E-state index contributed by atoms with van der Waals surface area (Å²) in [6.07, 6.45) is 2.43. The Morgan fingerprint density at radius 2 is 1.72 bits per heavy atom. The van der Waals surface area contributed by atoms with Crippen molar-refractivity contribution in [2.75, 3.05) is 13.1 Å². The molecule has 0 saturated carbocycles. The number of pyridine rings is 1. The van der Waals surface area contributed by atoms with Crippen LogP contribution in [-0.4, -0.2) is 28.2 Å². The lowest BCUT2D eigenvalue weighted by atomic mass is 10.1. The maximum atomic E-state index is 5.96. The predicted molar refractivity (Wildman–Crippen MR) is 107 cm³/mol. The van der Waals surface area contributed by atoms with E-state index in [1.54, 1.807) is 0 Å². The fourth-order valence-electron chi connectivity index (χ4n) is 3.32. The number of piperidine rings is 1. The summed E-state index contributed by atoms with van der Waals surface area (Å²) in [5, 5.41) is 3.83. The number of halogens is 1. The van der Waals surface area contributed by atoms with Crippen molar-refractivity contribution in [3.63, 3.8) is 0 Å². The Hall–Kier alpha value is -1.55. The smallest absolute Gasteiger partial charge is 0.0970 e. The van der Waals surface area contributed by atoms with Crippen LogP contribution in [0.3, 0.4) is 0 Å². The topological polar surface area (TPSA) is 16.1 Å². The van der Waals surface area contributed by atoms with E-state index in [-0.39, 0.29) is 0 Å². The first kappa shape index (κ1) is 16.9. The molecule has 1 aromatic heterocycles. The lowest BCUT2D eigenvalue weighted by molar-refractivity contribution is 0.225. The van der Waals surface area contributed by atoms with Gasteiger partial charge in [-0.3, -0.25) is 4.90 Å². The van der Waals surface area contributed by atoms with E-state index in [4.69, 9.17) is 16.6 Å². The molecule has 1 fully saturated rings. The number of nitrogens with zero attached hydrogens (tertiary/aromatic N) is 2. The van der Waals surface area contributed by atoms with Crippen LogP contribution in [0, 0.1) is 0 Å². The first-order valence-electron chi connectivity index (χ1n) is 8.75. The van der Waals surface area contributed by atoms with E-state index in [1.807, 2.05) is 23.9 Å². The molecule has 4 rings (SSSR count). The third kappa shape index (κ3) is 4.35. The van der Waals surface area contributed by atoms with Crippen LogP contribution in [0.2, 0.25) is 5.02 Å². The molecule has 4 heteroatoms. The highest BCUT2D eigenvalue weighted by molar-refractivity contribution is 7.99. The summed E-state index contributed by atoms with van der Waals surface area (Å²) < 4.78 is 0. The average molecular weight is 369 g/mol. The number of aromatic nitrogens is 1. The molecular weight excluding hydrogens is 348 g/mol. The van der Waals surface area contributed by atoms with Crippen LogP contribution in [0.1, 0.15) is 18.4 Å². The second-order valence-electron chi connectivity index (χ2n) is 6.56. The Bertz CT molecular complexity index is 842. The van der Waals surface area contributed by atoms with Gasteiger partial charge < -0.3 is 0 Å². The summed E-state index contributed by atoms with van der Waals surface area (Å²) in [4.78, 5) is 7.34. The molecule has 3 aromatic rings. The number of benzene rings is 2. The van der Waals surface area contributed by atoms with Crippen molar-refractivity contribution in [2.45, 2.75) is 29.7 Å². The molecule has 1 aliphatic rings. The summed E-state index contributed by atoms with van der Waals surface area (Å²) in [7, 11) is 0. The number of thioether (sulfide) groups is 1. The van der Waals surface area contributed by atoms with Crippen LogP contribution in [0.15, 0.2) is 65.7 Å². The SMILES string of the molecule is Clc1ccc(CN2CCC(Sc3ccc4ccccc4n3)CC2)cc1. The number of hydrogen-bond donors (Lipinski definition) is 0. The highest BCUT2D eigenvalue weighted by Gasteiger charge is 2.20. The van der Waals surface area contributed by atoms with E-state index in [9.17, 15) is 0 Å². The minimum atomic E-state index is 0.662. The third-order valence-electron chi connectivity index (χ3n) is 4.71. The van der Waals surface area contributed by atoms with Gasteiger partial charge in [-0.15, -0.1) is 11.8 Å². The Morgan fingerprint density at radius 1 is 0.960 bits per heavy atom. The molecule has 2 aromatic carbocycles. The van der Waals surface area contributed by atoms with E-state index >= 15 is 0 Å². The second-order valence-corrected chi connectivity index (χ2v) is 8.32. The average Bonchev–Trinajstić information content (AvgIpc) is 2.65. The van der Waals surface area contributed by atoms with Gasteiger partial charge in [-0.05, 0) is 55.8 Å². The van der Waals surface area contributed by atoms with Crippen molar-refractivity contribution in [1.29, 1.82) is 0 Å². The molecule has 0 amide bonds. The van der Waals surface area contributed by atoms with Crippen molar-refractivity contribution in [2.24, 2.45) is 0 Å². The van der Waals surface area contributed by atoms with Crippen LogP contribution >= 0.6 is 23.4 Å². The van der Waals surface area contributed by atoms with Gasteiger partial charge >= 0.3 is 0 Å². The number of para-hydroxylation sites is 1. The normalized spacial score (nSPS) is 16.4. The van der Waals surface area contributed by atoms with Crippen molar-refractivity contribution < 1.29 is 0 Å². The van der Waals surface area contributed by atoms with Gasteiger partial charge in [0, 0.05) is 22.2 Å². The Morgan fingerprint density at radius 3 is 2.52 bits per heavy atom. The molecule has 2 heterocycles. The Kier molecular flexibility index (Phi) is 5.25. The van der Waals surface area contributed by atoms with Crippen LogP contribution < -0.4 is 0 Å². The van der Waals surface area contributed by atoms with E-state index in [0.717, 1.165) is 35.2 Å². The van der Waals surface area contributed by atoms with Gasteiger partial charge in [0.25, 0.3) is 0 Å². The molecule has 0 unspecified atom stereocenters. The highest BCUT2D eigenvalue weighted by Crippen LogP contribution is 2.30. The zero-order valence-electron chi connectivity index (χ0n) is 14.1. The summed E-state index contributed by atoms with van der Waals surface area (Å²) in [5.41, 5.74) is 2.43. The molecule has 128 valence electrons. The molecule has 0 aliphatic carbocycles. The van der Waals surface area contributed by atoms with Crippen LogP contribution in [0.4, 0.5) is 0 Å². The van der Waals surface area contributed by atoms with Gasteiger partial charge in [0.15, 0.2) is 0 Å². The summed E-state index contributed by atoms with van der Waals surface area (Å²) >= 11 is 7.90. The van der Waals surface area contributed by atoms with Gasteiger partial charge in [-0.25, -0.2) is 4.98 Å². The predicted octanol–water partition coefficient (Wildman–Crippen LogP) is 5.64. The number of likely N-dealkylation sites (tertiary alicyclic amines) is 1. The third-order valence-corrected chi connectivity index (χ3v) is 6.24. The van der Waals surface area contributed by atoms with Gasteiger partial charge in [0.05, 0.1) is 10.5 Å². The molecular formula is C21H21ClN2S. The van der Waals surface area contributed by atoms with Crippen molar-refractivity contribution >= 4 is 34.3 Å². The molecule has 0 atom stereocenters. The minimum Gasteiger partial charge on any atom is -0.299 e. The zero-order valence-corrected chi connectivity index (χ0v) is 15.6. The zero-order chi connectivity index (χ0) is 17.1. The van der Waals surface area contributed by atoms with Crippen LogP contribution in [-0.2, 0) is 6.54 Å². The van der Waals surface area contributed by atoms with Crippen molar-refractivity contribution in [3.05, 3.63) is 71.2 Å². The first-order valence-corrected chi connectivity index (χ1v) is 10.0. The maximum Gasteiger partial charge on any atom is 0.0970 e. The largest absolute Gasteiger partial charge is 0.299 e. The van der Waals surface area contributed by atoms with Crippen molar-refractivity contribution in [1.82, 2.24) is 9.88 Å². The first-order chi connectivity index (χ1) is 12.3. The molecule has 0 radical (unpaired) electrons. The van der Waals surface area contributed by atoms with Gasteiger partial charge in [-0.1, -0.05) is 48.0 Å². The van der Waals surface area contributed by atoms with Gasteiger partial charge in [-0.2, -0.15) is 0 Å². The van der Waals surface area contributed by atoms with E-state index < -0.39 is 0 Å². The quantitative estimate of drug-likeness (QED) is 0.592. The number of fused-ring (bicyclic) bond motifs is 1. The van der Waals surface area contributed by atoms with E-state index in [1.165, 1.54) is 23.8 Å². The van der Waals surface area contributed by atoms with Crippen LogP contribution in [0.25, 0.3) is 10.9 Å². The molecule has 0 N–H and O–H groups in total. The molecule has 0 bridgehead atoms. The standard InChI is InChI=1S/C21H21ClN2S/c22-18-8-5-16(6-9-18)15-24-13-11-19(12-14-24)25-21-10-7-17-3-1-2-4-20(17)23-21/h1-10,19H,11-15H2. The molecule has 1 saturated heterocycles. The van der Waals surface area contributed by atoms with Crippen molar-refractivity contribution in [3.8, 4) is 0 Å². The van der Waals surface area contributed by atoms with Crippen LogP contribution in [0.5, 0.6) is 0 Å². The monoisotopic (exact) mass is 368 g/mol. The second kappa shape index (κ2) is 7.77. The van der Waals surface area contributed by atoms with Gasteiger partial charge in [0.1, 0.15) is 0 Å². The molecule has 2 nitrogen and oxygen atoms in total. The number of rotatable bonds is 4. The maximum absolute atomic E-state index is 5.96. The van der Waals surface area contributed by atoms with Gasteiger partial charge in [0.2, 0.25) is 0 Å². The highest BCUT2D eigenvalue weighted by atomic mass is 35.5. The Labute approximate surface area is 158 Å². The lowest BCUT2D eigenvalue weighted by Gasteiger charge is -2.31. The molecule has 0 spiro atoms. The summed E-state index contributed by atoms with van der Waals surface area (Å²) in [6.45, 7) is 3.31. The summed E-state index contributed by atoms with van der Waals surface area (Å²) in [6, 6.07) is 20.9. The minimum absolute atomic E-state index is 0.662. The fraction of sp³-hybridized carbons (Fsp3) is 0.286.